The molecule has 6 rings (SSSR count). The first-order chi connectivity index (χ1) is 18.6. The number of hydrogen-bond acceptors (Lipinski definition) is 4. The van der Waals surface area contributed by atoms with Gasteiger partial charge in [-0.15, -0.1) is 0 Å². The zero-order chi connectivity index (χ0) is 27.6. The standard InChI is InChI=1S/C30H24F3N3O3/c1-16-10-11-21(14-17(16)2)36-28(38)23-24(29(36)39)26(35-13-12-18-6-3-4-9-22(18)25(23)35)27(37)34-20-8-5-7-19(15-20)30(31,32)33/h3-15,23-26H,1-2H3,(H,34,37)/t23-,24-,25+,26+/m1/s1. The van der Waals surface area contributed by atoms with Crippen molar-refractivity contribution in [1.29, 1.82) is 0 Å². The number of halogens is 3. The minimum absolute atomic E-state index is 0.0426. The van der Waals surface area contributed by atoms with Gasteiger partial charge in [-0.05, 0) is 72.5 Å². The number of imide groups is 1. The molecule has 0 aromatic heterocycles. The van der Waals surface area contributed by atoms with E-state index in [1.807, 2.05) is 50.3 Å². The highest BCUT2D eigenvalue weighted by Crippen LogP contribution is 2.53. The molecule has 2 saturated heterocycles. The van der Waals surface area contributed by atoms with Gasteiger partial charge in [0, 0.05) is 11.9 Å². The van der Waals surface area contributed by atoms with Gasteiger partial charge in [-0.2, -0.15) is 13.2 Å². The molecule has 198 valence electrons. The molecule has 39 heavy (non-hydrogen) atoms. The molecular formula is C30H24F3N3O3. The zero-order valence-corrected chi connectivity index (χ0v) is 21.1. The maximum Gasteiger partial charge on any atom is 0.416 e. The first kappa shape index (κ1) is 24.9. The van der Waals surface area contributed by atoms with Gasteiger partial charge in [0.25, 0.3) is 0 Å². The lowest BCUT2D eigenvalue weighted by atomic mass is 9.84. The lowest BCUT2D eigenvalue weighted by molar-refractivity contribution is -0.137. The predicted octanol–water partition coefficient (Wildman–Crippen LogP) is 5.48. The highest BCUT2D eigenvalue weighted by atomic mass is 19.4. The summed E-state index contributed by atoms with van der Waals surface area (Å²) in [5, 5.41) is 2.58. The average molecular weight is 532 g/mol. The average Bonchev–Trinajstić information content (AvgIpc) is 3.38. The summed E-state index contributed by atoms with van der Waals surface area (Å²) in [5.41, 5.74) is 3.10. The van der Waals surface area contributed by atoms with Crippen LogP contribution in [0.2, 0.25) is 0 Å². The number of nitrogens with one attached hydrogen (secondary N) is 1. The summed E-state index contributed by atoms with van der Waals surface area (Å²) in [5.74, 6) is -3.42. The number of carbonyl (C=O) groups excluding carboxylic acids is 3. The van der Waals surface area contributed by atoms with Crippen LogP contribution >= 0.6 is 0 Å². The molecule has 0 saturated carbocycles. The van der Waals surface area contributed by atoms with E-state index in [-0.39, 0.29) is 5.69 Å². The van der Waals surface area contributed by atoms with Crippen LogP contribution in [0.15, 0.2) is 72.9 Å². The molecular weight excluding hydrogens is 507 g/mol. The van der Waals surface area contributed by atoms with Gasteiger partial charge in [0.15, 0.2) is 0 Å². The maximum atomic E-state index is 13.9. The zero-order valence-electron chi connectivity index (χ0n) is 21.1. The summed E-state index contributed by atoms with van der Waals surface area (Å²) >= 11 is 0. The molecule has 3 heterocycles. The van der Waals surface area contributed by atoms with Crippen LogP contribution in [0.3, 0.4) is 0 Å². The van der Waals surface area contributed by atoms with Crippen LogP contribution in [0.5, 0.6) is 0 Å². The van der Waals surface area contributed by atoms with Crippen molar-refractivity contribution in [2.75, 3.05) is 10.2 Å². The first-order valence-electron chi connectivity index (χ1n) is 12.5. The van der Waals surface area contributed by atoms with Gasteiger partial charge in [0.1, 0.15) is 6.04 Å². The molecule has 1 N–H and O–H groups in total. The summed E-state index contributed by atoms with van der Waals surface area (Å²) in [6, 6.07) is 15.5. The number of benzene rings is 3. The van der Waals surface area contributed by atoms with Gasteiger partial charge in [-0.1, -0.05) is 36.4 Å². The topological polar surface area (TPSA) is 69.7 Å². The van der Waals surface area contributed by atoms with Gasteiger partial charge in [0.2, 0.25) is 17.7 Å². The fourth-order valence-electron chi connectivity index (χ4n) is 5.97. The highest BCUT2D eigenvalue weighted by molar-refractivity contribution is 6.24. The molecule has 2 fully saturated rings. The number of amides is 3. The Hall–Kier alpha value is -4.40. The molecule has 9 heteroatoms. The second kappa shape index (κ2) is 8.83. The summed E-state index contributed by atoms with van der Waals surface area (Å²) in [7, 11) is 0. The van der Waals surface area contributed by atoms with Crippen LogP contribution in [0.1, 0.15) is 33.9 Å². The summed E-state index contributed by atoms with van der Waals surface area (Å²) in [6.45, 7) is 3.82. The van der Waals surface area contributed by atoms with Crippen LogP contribution < -0.4 is 10.2 Å². The molecule has 3 amide bonds. The largest absolute Gasteiger partial charge is 0.416 e. The fourth-order valence-corrected chi connectivity index (χ4v) is 5.97. The van der Waals surface area contributed by atoms with E-state index in [0.717, 1.165) is 39.3 Å². The number of nitrogens with zero attached hydrogens (tertiary/aromatic N) is 2. The first-order valence-corrected chi connectivity index (χ1v) is 12.5. The number of fused-ring (bicyclic) bond motifs is 5. The Morgan fingerprint density at radius 1 is 0.872 bits per heavy atom. The summed E-state index contributed by atoms with van der Waals surface area (Å²) in [4.78, 5) is 44.5. The lowest BCUT2D eigenvalue weighted by Crippen LogP contribution is -2.46. The Labute approximate surface area is 222 Å². The Kier molecular flexibility index (Phi) is 5.64. The molecule has 0 radical (unpaired) electrons. The Bertz CT molecular complexity index is 1560. The SMILES string of the molecule is Cc1ccc(N2C(=O)[C@@H]3[C@@H](C2=O)[C@@H]2c4ccccc4C=CN2[C@@H]3C(=O)Nc2cccc(C(F)(F)F)c2)cc1C. The van der Waals surface area contributed by atoms with Gasteiger partial charge in [-0.3, -0.25) is 14.4 Å². The number of rotatable bonds is 3. The van der Waals surface area contributed by atoms with Crippen LogP contribution in [-0.4, -0.2) is 28.7 Å². The Balaban J connectivity index is 1.42. The van der Waals surface area contributed by atoms with Crippen molar-refractivity contribution < 1.29 is 27.6 Å². The third kappa shape index (κ3) is 3.91. The van der Waals surface area contributed by atoms with E-state index in [2.05, 4.69) is 5.32 Å². The molecule has 0 bridgehead atoms. The summed E-state index contributed by atoms with van der Waals surface area (Å²) in [6.07, 6.45) is -1.07. The van der Waals surface area contributed by atoms with Crippen molar-refractivity contribution in [3.63, 3.8) is 0 Å². The molecule has 6 nitrogen and oxygen atoms in total. The third-order valence-corrected chi connectivity index (χ3v) is 7.94. The van der Waals surface area contributed by atoms with Gasteiger partial charge >= 0.3 is 6.18 Å². The van der Waals surface area contributed by atoms with E-state index >= 15 is 0 Å². The fraction of sp³-hybridized carbons (Fsp3) is 0.233. The maximum absolute atomic E-state index is 13.9. The van der Waals surface area contributed by atoms with Gasteiger partial charge in [-0.25, -0.2) is 4.90 Å². The number of anilines is 2. The van der Waals surface area contributed by atoms with E-state index < -0.39 is 53.4 Å². The quantitative estimate of drug-likeness (QED) is 0.455. The molecule has 3 aromatic carbocycles. The van der Waals surface area contributed by atoms with E-state index in [4.69, 9.17) is 0 Å². The minimum atomic E-state index is -4.58. The van der Waals surface area contributed by atoms with Crippen LogP contribution in [-0.2, 0) is 20.6 Å². The normalized spacial score (nSPS) is 23.5. The van der Waals surface area contributed by atoms with Crippen molar-refractivity contribution in [3.05, 3.63) is 101 Å². The summed E-state index contributed by atoms with van der Waals surface area (Å²) < 4.78 is 39.8. The number of hydrogen-bond donors (Lipinski definition) is 1. The molecule has 4 atom stereocenters. The van der Waals surface area contributed by atoms with Gasteiger partial charge in [0.05, 0.1) is 29.1 Å². The van der Waals surface area contributed by atoms with Gasteiger partial charge < -0.3 is 10.2 Å². The molecule has 0 spiro atoms. The molecule has 3 aliphatic heterocycles. The highest BCUT2D eigenvalue weighted by Gasteiger charge is 2.64. The minimum Gasteiger partial charge on any atom is -0.357 e. The number of carbonyl (C=O) groups is 3. The van der Waals surface area contributed by atoms with Crippen molar-refractivity contribution in [3.8, 4) is 0 Å². The Morgan fingerprint density at radius 2 is 1.62 bits per heavy atom. The molecule has 3 aliphatic rings. The monoisotopic (exact) mass is 531 g/mol. The van der Waals surface area contributed by atoms with E-state index in [0.29, 0.717) is 5.69 Å². The lowest BCUT2D eigenvalue weighted by Gasteiger charge is -2.35. The third-order valence-electron chi connectivity index (χ3n) is 7.94. The Morgan fingerprint density at radius 3 is 2.36 bits per heavy atom. The van der Waals surface area contributed by atoms with Crippen molar-refractivity contribution >= 4 is 35.2 Å². The van der Waals surface area contributed by atoms with Crippen molar-refractivity contribution in [2.24, 2.45) is 11.8 Å². The van der Waals surface area contributed by atoms with Crippen LogP contribution in [0, 0.1) is 25.7 Å². The number of aryl methyl sites for hydroxylation is 2. The van der Waals surface area contributed by atoms with Crippen molar-refractivity contribution in [1.82, 2.24) is 4.90 Å². The molecule has 0 unspecified atom stereocenters. The van der Waals surface area contributed by atoms with E-state index in [9.17, 15) is 27.6 Å². The van der Waals surface area contributed by atoms with Crippen LogP contribution in [0.4, 0.5) is 24.5 Å². The second-order valence-electron chi connectivity index (χ2n) is 10.2. The smallest absolute Gasteiger partial charge is 0.357 e. The van der Waals surface area contributed by atoms with E-state index in [1.54, 1.807) is 23.2 Å². The van der Waals surface area contributed by atoms with Crippen LogP contribution in [0.25, 0.3) is 6.08 Å². The van der Waals surface area contributed by atoms with E-state index in [1.165, 1.54) is 12.1 Å². The predicted molar refractivity (Wildman–Crippen MR) is 139 cm³/mol. The molecule has 0 aliphatic carbocycles. The second-order valence-corrected chi connectivity index (χ2v) is 10.2. The van der Waals surface area contributed by atoms with Crippen molar-refractivity contribution in [2.45, 2.75) is 32.1 Å². The number of alkyl halides is 3. The molecule has 3 aromatic rings.